The molecule has 0 unspecified atom stereocenters. The summed E-state index contributed by atoms with van der Waals surface area (Å²) in [5, 5.41) is 21.3. The Balaban J connectivity index is 1.45. The van der Waals surface area contributed by atoms with E-state index in [9.17, 15) is 4.79 Å². The van der Waals surface area contributed by atoms with Gasteiger partial charge < -0.3 is 4.74 Å². The summed E-state index contributed by atoms with van der Waals surface area (Å²) in [6, 6.07) is 12.4. The van der Waals surface area contributed by atoms with Gasteiger partial charge in [0.05, 0.1) is 6.61 Å². The summed E-state index contributed by atoms with van der Waals surface area (Å²) in [5.41, 5.74) is 8.29. The highest BCUT2D eigenvalue weighted by atomic mass is 16.5. The number of nitrogens with zero attached hydrogens (tertiary/aromatic N) is 4. The van der Waals surface area contributed by atoms with Gasteiger partial charge in [-0.05, 0) is 46.7 Å². The molecule has 0 amide bonds. The van der Waals surface area contributed by atoms with Crippen LogP contribution < -0.4 is 0 Å². The molecule has 2 heterocycles. The minimum Gasteiger partial charge on any atom is -0.461 e. The maximum absolute atomic E-state index is 12.4. The van der Waals surface area contributed by atoms with Crippen LogP contribution in [0, 0.1) is 5.92 Å². The fourth-order valence-electron chi connectivity index (χ4n) is 3.75. The van der Waals surface area contributed by atoms with Crippen molar-refractivity contribution in [1.29, 1.82) is 0 Å². The molecule has 0 bridgehead atoms. The molecule has 8 nitrogen and oxygen atoms in total. The van der Waals surface area contributed by atoms with E-state index in [1.165, 1.54) is 22.3 Å². The normalized spacial score (nSPS) is 12.1. The summed E-state index contributed by atoms with van der Waals surface area (Å²) < 4.78 is 5.34. The van der Waals surface area contributed by atoms with Crippen molar-refractivity contribution in [1.82, 2.24) is 30.8 Å². The van der Waals surface area contributed by atoms with Crippen LogP contribution in [0.15, 0.2) is 42.6 Å². The van der Waals surface area contributed by atoms with Gasteiger partial charge in [0, 0.05) is 17.3 Å². The van der Waals surface area contributed by atoms with E-state index in [1.807, 2.05) is 19.9 Å². The first-order valence-electron chi connectivity index (χ1n) is 9.81. The maximum Gasteiger partial charge on any atom is 0.358 e. The second kappa shape index (κ2) is 7.22. The molecule has 0 atom stereocenters. The number of nitrogens with one attached hydrogen (secondary N) is 2. The van der Waals surface area contributed by atoms with Crippen LogP contribution in [0.5, 0.6) is 0 Å². The van der Waals surface area contributed by atoms with E-state index in [4.69, 9.17) is 4.74 Å². The molecule has 4 aromatic rings. The molecule has 1 aliphatic carbocycles. The Morgan fingerprint density at radius 2 is 1.77 bits per heavy atom. The summed E-state index contributed by atoms with van der Waals surface area (Å²) in [6.45, 7) is 4.34. The van der Waals surface area contributed by atoms with E-state index >= 15 is 0 Å². The highest BCUT2D eigenvalue weighted by Crippen LogP contribution is 2.40. The van der Waals surface area contributed by atoms with Gasteiger partial charge >= 0.3 is 5.97 Å². The van der Waals surface area contributed by atoms with E-state index in [0.29, 0.717) is 12.3 Å². The molecule has 2 aromatic heterocycles. The van der Waals surface area contributed by atoms with Gasteiger partial charge in [0.25, 0.3) is 0 Å². The molecule has 0 saturated heterocycles. The van der Waals surface area contributed by atoms with Crippen molar-refractivity contribution in [2.24, 2.45) is 5.92 Å². The SMILES string of the molecule is CC(C)COC(=O)c1[nH]nnc1-c1ccc2c(c1)Cc1cc(-c3c[nH]nn3)ccc1-2. The Labute approximate surface area is 172 Å². The molecule has 30 heavy (non-hydrogen) atoms. The number of esters is 1. The predicted octanol–water partition coefficient (Wildman–Crippen LogP) is 3.64. The summed E-state index contributed by atoms with van der Waals surface area (Å²) in [6.07, 6.45) is 2.58. The number of hydrogen-bond acceptors (Lipinski definition) is 6. The fraction of sp³-hybridized carbons (Fsp3) is 0.227. The molecule has 2 N–H and O–H groups in total. The molecule has 0 saturated carbocycles. The molecule has 0 fully saturated rings. The molecule has 8 heteroatoms. The third kappa shape index (κ3) is 3.16. The van der Waals surface area contributed by atoms with Crippen molar-refractivity contribution in [3.63, 3.8) is 0 Å². The van der Waals surface area contributed by atoms with Crippen LogP contribution >= 0.6 is 0 Å². The van der Waals surface area contributed by atoms with Gasteiger partial charge in [0.1, 0.15) is 11.4 Å². The Morgan fingerprint density at radius 3 is 2.47 bits per heavy atom. The van der Waals surface area contributed by atoms with Crippen LogP contribution in [0.4, 0.5) is 0 Å². The topological polar surface area (TPSA) is 109 Å². The standard InChI is InChI=1S/C22H20N6O2/c1-12(2)11-30-22(29)21-20(25-28-26-21)14-4-6-18-16(8-14)9-15-7-13(3-5-17(15)18)19-10-23-27-24-19/h3-8,10,12H,9,11H2,1-2H3,(H,23,24,27)(H,25,26,28). The van der Waals surface area contributed by atoms with Gasteiger partial charge in [0.15, 0.2) is 5.69 Å². The lowest BCUT2D eigenvalue weighted by molar-refractivity contribution is 0.0453. The van der Waals surface area contributed by atoms with Gasteiger partial charge in [-0.15, -0.1) is 10.2 Å². The second-order valence-corrected chi connectivity index (χ2v) is 7.81. The first-order chi connectivity index (χ1) is 14.6. The first-order valence-corrected chi connectivity index (χ1v) is 9.81. The molecule has 0 spiro atoms. The molecule has 1 aliphatic rings. The number of fused-ring (bicyclic) bond motifs is 3. The monoisotopic (exact) mass is 400 g/mol. The number of aromatic amines is 2. The van der Waals surface area contributed by atoms with E-state index in [2.05, 4.69) is 61.2 Å². The van der Waals surface area contributed by atoms with Crippen molar-refractivity contribution in [2.45, 2.75) is 20.3 Å². The Kier molecular flexibility index (Phi) is 4.39. The molecule has 0 aliphatic heterocycles. The van der Waals surface area contributed by atoms with E-state index in [-0.39, 0.29) is 11.6 Å². The van der Waals surface area contributed by atoms with Gasteiger partial charge in [-0.25, -0.2) is 4.79 Å². The molecular formula is C22H20N6O2. The lowest BCUT2D eigenvalue weighted by Gasteiger charge is -2.07. The quantitative estimate of drug-likeness (QED) is 0.436. The van der Waals surface area contributed by atoms with Crippen molar-refractivity contribution >= 4 is 5.97 Å². The molecule has 0 radical (unpaired) electrons. The van der Waals surface area contributed by atoms with Crippen molar-refractivity contribution in [2.75, 3.05) is 6.61 Å². The highest BCUT2D eigenvalue weighted by molar-refractivity contribution is 5.94. The molecular weight excluding hydrogens is 380 g/mol. The van der Waals surface area contributed by atoms with Gasteiger partial charge in [-0.1, -0.05) is 48.5 Å². The minimum absolute atomic E-state index is 0.258. The van der Waals surface area contributed by atoms with E-state index in [0.717, 1.165) is 23.2 Å². The number of carbonyl (C=O) groups excluding carboxylic acids is 1. The Hall–Kier alpha value is -3.81. The number of carbonyl (C=O) groups is 1. The average molecular weight is 400 g/mol. The average Bonchev–Trinajstić information content (AvgIpc) is 3.50. The Morgan fingerprint density at radius 1 is 1.03 bits per heavy atom. The molecule has 2 aromatic carbocycles. The first kappa shape index (κ1) is 18.2. The third-order valence-electron chi connectivity index (χ3n) is 5.17. The molecule has 150 valence electrons. The zero-order valence-corrected chi connectivity index (χ0v) is 16.6. The Bertz CT molecular complexity index is 1230. The van der Waals surface area contributed by atoms with Crippen LogP contribution in [0.3, 0.4) is 0 Å². The van der Waals surface area contributed by atoms with E-state index < -0.39 is 5.97 Å². The minimum atomic E-state index is -0.440. The summed E-state index contributed by atoms with van der Waals surface area (Å²) >= 11 is 0. The zero-order valence-electron chi connectivity index (χ0n) is 16.6. The van der Waals surface area contributed by atoms with Crippen molar-refractivity contribution < 1.29 is 9.53 Å². The highest BCUT2D eigenvalue weighted by Gasteiger charge is 2.23. The summed E-state index contributed by atoms with van der Waals surface area (Å²) in [4.78, 5) is 12.4. The molecule has 5 rings (SSSR count). The van der Waals surface area contributed by atoms with Crippen LogP contribution in [-0.4, -0.2) is 43.4 Å². The van der Waals surface area contributed by atoms with Gasteiger partial charge in [-0.2, -0.15) is 0 Å². The number of benzene rings is 2. The van der Waals surface area contributed by atoms with Gasteiger partial charge in [0.2, 0.25) is 0 Å². The summed E-state index contributed by atoms with van der Waals surface area (Å²) in [7, 11) is 0. The van der Waals surface area contributed by atoms with Crippen LogP contribution in [0.2, 0.25) is 0 Å². The third-order valence-corrected chi connectivity index (χ3v) is 5.17. The van der Waals surface area contributed by atoms with Crippen LogP contribution in [-0.2, 0) is 11.2 Å². The van der Waals surface area contributed by atoms with Crippen molar-refractivity contribution in [3.8, 4) is 33.6 Å². The summed E-state index contributed by atoms with van der Waals surface area (Å²) in [5.74, 6) is -0.182. The predicted molar refractivity (Wildman–Crippen MR) is 111 cm³/mol. The number of rotatable bonds is 5. The van der Waals surface area contributed by atoms with Crippen molar-refractivity contribution in [3.05, 3.63) is 59.4 Å². The largest absolute Gasteiger partial charge is 0.461 e. The van der Waals surface area contributed by atoms with Gasteiger partial charge in [-0.3, -0.25) is 10.2 Å². The number of ether oxygens (including phenoxy) is 1. The maximum atomic E-state index is 12.4. The van der Waals surface area contributed by atoms with Crippen LogP contribution in [0.1, 0.15) is 35.5 Å². The number of hydrogen-bond donors (Lipinski definition) is 2. The van der Waals surface area contributed by atoms with Crippen LogP contribution in [0.25, 0.3) is 33.6 Å². The lowest BCUT2D eigenvalue weighted by Crippen LogP contribution is -2.11. The van der Waals surface area contributed by atoms with E-state index in [1.54, 1.807) is 6.20 Å². The zero-order chi connectivity index (χ0) is 20.7. The smallest absolute Gasteiger partial charge is 0.358 e. The number of aromatic nitrogens is 6. The lowest BCUT2D eigenvalue weighted by atomic mass is 10.0. The second-order valence-electron chi connectivity index (χ2n) is 7.81. The fourth-order valence-corrected chi connectivity index (χ4v) is 3.75. The number of H-pyrrole nitrogens is 2.